The lowest BCUT2D eigenvalue weighted by Gasteiger charge is -1.89. The van der Waals surface area contributed by atoms with Gasteiger partial charge in [0.15, 0.2) is 0 Å². The molecule has 0 bridgehead atoms. The van der Waals surface area contributed by atoms with Crippen LogP contribution in [0.5, 0.6) is 0 Å². The molecule has 0 unspecified atom stereocenters. The average Bonchev–Trinajstić information content (AvgIpc) is 2.37. The molecule has 0 spiro atoms. The molecule has 4 nitrogen and oxygen atoms in total. The molecule has 0 aliphatic rings. The van der Waals surface area contributed by atoms with Gasteiger partial charge in [-0.05, 0) is 0 Å². The fourth-order valence-electron chi connectivity index (χ4n) is 0.412. The van der Waals surface area contributed by atoms with Gasteiger partial charge in [-0.2, -0.15) is 0 Å². The van der Waals surface area contributed by atoms with Gasteiger partial charge in [-0.1, -0.05) is 0 Å². The first-order chi connectivity index (χ1) is 4.34. The largest absolute Gasteiger partial charge is 0.537 e. The molecule has 0 aliphatic carbocycles. The van der Waals surface area contributed by atoms with Crippen molar-refractivity contribution < 1.29 is 13.9 Å². The quantitative estimate of drug-likeness (QED) is 0.469. The van der Waals surface area contributed by atoms with E-state index in [1.807, 2.05) is 0 Å². The van der Waals surface area contributed by atoms with Gasteiger partial charge < -0.3 is 9.07 Å². The third-order valence-electron chi connectivity index (χ3n) is 0.792. The number of hydrogen-bond acceptors (Lipinski definition) is 4. The molecule has 1 rings (SSSR count). The van der Waals surface area contributed by atoms with Crippen LogP contribution in [-0.2, 0) is 4.65 Å². The molecule has 1 aromatic rings. The molecule has 0 amide bonds. The minimum Gasteiger partial charge on any atom is -0.537 e. The summed E-state index contributed by atoms with van der Waals surface area (Å²) in [6.07, 6.45) is 2.69. The van der Waals surface area contributed by atoms with E-state index in [2.05, 4.69) is 14.1 Å². The molecular formula is C4H4BNO3. The molecule has 9 heavy (non-hydrogen) atoms. The molecule has 0 atom stereocenters. The van der Waals surface area contributed by atoms with Crippen LogP contribution >= 0.6 is 0 Å². The van der Waals surface area contributed by atoms with Gasteiger partial charge in [0, 0.05) is 0 Å². The predicted octanol–water partition coefficient (Wildman–Crippen LogP) is -0.621. The van der Waals surface area contributed by atoms with E-state index < -0.39 is 5.97 Å². The first-order valence-corrected chi connectivity index (χ1v) is 2.32. The topological polar surface area (TPSA) is 52.3 Å². The fraction of sp³-hybridized carbons (Fsp3) is 0. The maximum absolute atomic E-state index is 10.5. The highest BCUT2D eigenvalue weighted by atomic mass is 16.5. The molecule has 1 heterocycles. The molecule has 5 heteroatoms. The van der Waals surface area contributed by atoms with E-state index in [0.717, 1.165) is 0 Å². The summed E-state index contributed by atoms with van der Waals surface area (Å²) in [4.78, 5) is 14.0. The number of carbonyl (C=O) groups is 1. The second-order valence-electron chi connectivity index (χ2n) is 1.33. The van der Waals surface area contributed by atoms with Crippen LogP contribution in [0.1, 0.15) is 10.7 Å². The number of hydrogen-bond donors (Lipinski definition) is 0. The first-order valence-electron chi connectivity index (χ1n) is 2.32. The Morgan fingerprint density at radius 3 is 3.11 bits per heavy atom. The minimum atomic E-state index is -0.556. The van der Waals surface area contributed by atoms with Crippen molar-refractivity contribution in [2.45, 2.75) is 0 Å². The summed E-state index contributed by atoms with van der Waals surface area (Å²) in [6.45, 7) is 0. The van der Waals surface area contributed by atoms with Crippen molar-refractivity contribution in [2.24, 2.45) is 0 Å². The lowest BCUT2D eigenvalue weighted by Crippen LogP contribution is -2.01. The van der Waals surface area contributed by atoms with Crippen molar-refractivity contribution in [3.63, 3.8) is 0 Å². The van der Waals surface area contributed by atoms with Crippen LogP contribution in [0.3, 0.4) is 0 Å². The van der Waals surface area contributed by atoms with Gasteiger partial charge in [0.05, 0.1) is 6.20 Å². The number of oxazole rings is 1. The third-order valence-corrected chi connectivity index (χ3v) is 0.792. The van der Waals surface area contributed by atoms with Gasteiger partial charge in [0.25, 0.3) is 0 Å². The molecule has 0 aromatic carbocycles. The van der Waals surface area contributed by atoms with Crippen LogP contribution in [0.25, 0.3) is 0 Å². The summed E-state index contributed by atoms with van der Waals surface area (Å²) in [5, 5.41) is 0. The molecule has 0 fully saturated rings. The second-order valence-corrected chi connectivity index (χ2v) is 1.33. The smallest absolute Gasteiger partial charge is 0.376 e. The molecule has 0 N–H and O–H groups in total. The van der Waals surface area contributed by atoms with Crippen LogP contribution in [0.15, 0.2) is 16.9 Å². The first kappa shape index (κ1) is 5.87. The van der Waals surface area contributed by atoms with Crippen molar-refractivity contribution in [3.05, 3.63) is 18.4 Å². The highest BCUT2D eigenvalue weighted by molar-refractivity contribution is 6.08. The van der Waals surface area contributed by atoms with Crippen molar-refractivity contribution >= 4 is 14.0 Å². The Hall–Kier alpha value is -1.26. The van der Waals surface area contributed by atoms with E-state index in [1.165, 1.54) is 20.5 Å². The SMILES string of the molecule is BOC(=O)c1ncco1. The second kappa shape index (κ2) is 2.34. The third kappa shape index (κ3) is 1.10. The van der Waals surface area contributed by atoms with Crippen molar-refractivity contribution in [2.75, 3.05) is 0 Å². The van der Waals surface area contributed by atoms with E-state index in [1.54, 1.807) is 0 Å². The minimum absolute atomic E-state index is 0.0162. The summed E-state index contributed by atoms with van der Waals surface area (Å²) in [5.41, 5.74) is 0. The Kier molecular flexibility index (Phi) is 1.53. The van der Waals surface area contributed by atoms with Gasteiger partial charge in [0.2, 0.25) is 0 Å². The van der Waals surface area contributed by atoms with E-state index in [0.29, 0.717) is 0 Å². The Balaban J connectivity index is 2.77. The molecule has 46 valence electrons. The predicted molar refractivity (Wildman–Crippen MR) is 30.5 cm³/mol. The summed E-state index contributed by atoms with van der Waals surface area (Å²) >= 11 is 0. The molecule has 0 radical (unpaired) electrons. The molecular weight excluding hydrogens is 121 g/mol. The average molecular weight is 125 g/mol. The zero-order valence-corrected chi connectivity index (χ0v) is 4.83. The Bertz CT molecular complexity index is 196. The Morgan fingerprint density at radius 2 is 2.67 bits per heavy atom. The van der Waals surface area contributed by atoms with Gasteiger partial charge in [-0.3, -0.25) is 0 Å². The highest BCUT2D eigenvalue weighted by Gasteiger charge is 2.07. The molecule has 0 saturated carbocycles. The zero-order valence-electron chi connectivity index (χ0n) is 4.83. The van der Waals surface area contributed by atoms with E-state index in [4.69, 9.17) is 0 Å². The van der Waals surface area contributed by atoms with Crippen molar-refractivity contribution in [1.29, 1.82) is 0 Å². The fourth-order valence-corrected chi connectivity index (χ4v) is 0.412. The number of aromatic nitrogens is 1. The molecule has 0 aliphatic heterocycles. The van der Waals surface area contributed by atoms with E-state index in [9.17, 15) is 4.79 Å². The maximum Gasteiger partial charge on any atom is 0.376 e. The van der Waals surface area contributed by atoms with Crippen LogP contribution in [0.2, 0.25) is 0 Å². The number of nitrogens with zero attached hydrogens (tertiary/aromatic N) is 1. The molecule has 0 saturated heterocycles. The Morgan fingerprint density at radius 1 is 1.89 bits per heavy atom. The Labute approximate surface area is 52.3 Å². The molecule has 1 aromatic heterocycles. The van der Waals surface area contributed by atoms with Gasteiger partial charge >= 0.3 is 19.9 Å². The maximum atomic E-state index is 10.5. The summed E-state index contributed by atoms with van der Waals surface area (Å²) in [7, 11) is 1.27. The van der Waals surface area contributed by atoms with Gasteiger partial charge in [-0.25, -0.2) is 9.78 Å². The van der Waals surface area contributed by atoms with Crippen LogP contribution < -0.4 is 0 Å². The van der Waals surface area contributed by atoms with Gasteiger partial charge in [-0.15, -0.1) is 0 Å². The van der Waals surface area contributed by atoms with E-state index in [-0.39, 0.29) is 5.89 Å². The van der Waals surface area contributed by atoms with Crippen molar-refractivity contribution in [3.8, 4) is 0 Å². The lowest BCUT2D eigenvalue weighted by atomic mass is 10.5. The summed E-state index contributed by atoms with van der Waals surface area (Å²) in [6, 6.07) is 0. The van der Waals surface area contributed by atoms with Crippen LogP contribution in [0, 0.1) is 0 Å². The monoisotopic (exact) mass is 125 g/mol. The lowest BCUT2D eigenvalue weighted by molar-refractivity contribution is 0.0708. The number of carbonyl (C=O) groups excluding carboxylic acids is 1. The normalized spacial score (nSPS) is 8.89. The van der Waals surface area contributed by atoms with E-state index >= 15 is 0 Å². The zero-order chi connectivity index (χ0) is 6.69. The summed E-state index contributed by atoms with van der Waals surface area (Å²) in [5.74, 6) is -0.572. The van der Waals surface area contributed by atoms with Crippen LogP contribution in [0.4, 0.5) is 0 Å². The van der Waals surface area contributed by atoms with Gasteiger partial charge in [0.1, 0.15) is 6.26 Å². The van der Waals surface area contributed by atoms with Crippen LogP contribution in [-0.4, -0.2) is 19.0 Å². The highest BCUT2D eigenvalue weighted by Crippen LogP contribution is 1.94. The standard InChI is InChI=1S/C4H4BNO3/c5-9-4(7)3-6-1-2-8-3/h1-2H,5H2. The number of rotatable bonds is 1. The summed E-state index contributed by atoms with van der Waals surface area (Å²) < 4.78 is 8.90. The van der Waals surface area contributed by atoms with Crippen molar-refractivity contribution in [1.82, 2.24) is 4.98 Å².